The zero-order valence-corrected chi connectivity index (χ0v) is 9.30. The van der Waals surface area contributed by atoms with Gasteiger partial charge in [-0.2, -0.15) is 0 Å². The summed E-state index contributed by atoms with van der Waals surface area (Å²) >= 11 is 0. The largest absolute Gasteiger partial charge is 0.324 e. The summed E-state index contributed by atoms with van der Waals surface area (Å²) < 4.78 is 0. The number of rotatable bonds is 1. The van der Waals surface area contributed by atoms with Crippen molar-refractivity contribution < 1.29 is 0 Å². The first-order chi connectivity index (χ1) is 6.54. The van der Waals surface area contributed by atoms with Crippen molar-refractivity contribution in [3.63, 3.8) is 0 Å². The number of fused-ring (bicyclic) bond motifs is 1. The second-order valence-corrected chi connectivity index (χ2v) is 4.97. The first-order valence-corrected chi connectivity index (χ1v) is 5.43. The average Bonchev–Trinajstić information content (AvgIpc) is 2.37. The van der Waals surface area contributed by atoms with Crippen LogP contribution >= 0.6 is 0 Å². The standard InChI is InChI=1S/C13H19N/c1-4-9-5-6-11-10(7-9)12(14)8-13(11,2)3/h5-7,12H,4,8,14H2,1-3H3/t12-/m0/s1. The van der Waals surface area contributed by atoms with Gasteiger partial charge >= 0.3 is 0 Å². The first kappa shape index (κ1) is 9.72. The highest BCUT2D eigenvalue weighted by atomic mass is 14.7. The van der Waals surface area contributed by atoms with Gasteiger partial charge in [0.05, 0.1) is 0 Å². The zero-order chi connectivity index (χ0) is 10.3. The lowest BCUT2D eigenvalue weighted by molar-refractivity contribution is 0.481. The van der Waals surface area contributed by atoms with E-state index in [0.29, 0.717) is 0 Å². The molecule has 0 unspecified atom stereocenters. The summed E-state index contributed by atoms with van der Waals surface area (Å²) in [6, 6.07) is 7.03. The number of benzene rings is 1. The number of hydrogen-bond donors (Lipinski definition) is 1. The third-order valence-corrected chi connectivity index (χ3v) is 3.38. The zero-order valence-electron chi connectivity index (χ0n) is 9.30. The maximum atomic E-state index is 6.15. The predicted octanol–water partition coefficient (Wildman–Crippen LogP) is 2.93. The lowest BCUT2D eigenvalue weighted by atomic mass is 9.86. The fraction of sp³-hybridized carbons (Fsp3) is 0.538. The second kappa shape index (κ2) is 3.09. The molecule has 0 bridgehead atoms. The van der Waals surface area contributed by atoms with Crippen LogP contribution in [0.1, 0.15) is 49.9 Å². The second-order valence-electron chi connectivity index (χ2n) is 4.97. The molecule has 76 valence electrons. The monoisotopic (exact) mass is 189 g/mol. The Morgan fingerprint density at radius 2 is 2.14 bits per heavy atom. The van der Waals surface area contributed by atoms with Crippen LogP contribution in [0.3, 0.4) is 0 Å². The van der Waals surface area contributed by atoms with Gasteiger partial charge in [-0.15, -0.1) is 0 Å². The van der Waals surface area contributed by atoms with Crippen LogP contribution in [-0.2, 0) is 11.8 Å². The van der Waals surface area contributed by atoms with Crippen LogP contribution in [0.25, 0.3) is 0 Å². The molecule has 0 aromatic heterocycles. The average molecular weight is 189 g/mol. The van der Waals surface area contributed by atoms with E-state index < -0.39 is 0 Å². The SMILES string of the molecule is CCc1ccc2c(c1)[C@@H](N)CC2(C)C. The summed E-state index contributed by atoms with van der Waals surface area (Å²) in [6.45, 7) is 6.75. The highest BCUT2D eigenvalue weighted by Crippen LogP contribution is 2.43. The fourth-order valence-corrected chi connectivity index (χ4v) is 2.52. The molecule has 0 spiro atoms. The maximum absolute atomic E-state index is 6.15. The third kappa shape index (κ3) is 1.36. The molecule has 0 heterocycles. The Kier molecular flexibility index (Phi) is 2.15. The quantitative estimate of drug-likeness (QED) is 0.722. The molecule has 1 aliphatic carbocycles. The van der Waals surface area contributed by atoms with E-state index in [4.69, 9.17) is 5.73 Å². The molecule has 0 saturated heterocycles. The van der Waals surface area contributed by atoms with E-state index in [1.807, 2.05) is 0 Å². The van der Waals surface area contributed by atoms with E-state index >= 15 is 0 Å². The van der Waals surface area contributed by atoms with Crippen molar-refractivity contribution in [1.82, 2.24) is 0 Å². The van der Waals surface area contributed by atoms with Crippen molar-refractivity contribution >= 4 is 0 Å². The summed E-state index contributed by atoms with van der Waals surface area (Å²) in [6.07, 6.45) is 2.18. The van der Waals surface area contributed by atoms with Crippen molar-refractivity contribution in [1.29, 1.82) is 0 Å². The van der Waals surface area contributed by atoms with Crippen LogP contribution in [0.15, 0.2) is 18.2 Å². The van der Waals surface area contributed by atoms with E-state index in [9.17, 15) is 0 Å². The minimum atomic E-state index is 0.242. The van der Waals surface area contributed by atoms with Crippen LogP contribution in [0.4, 0.5) is 0 Å². The lowest BCUT2D eigenvalue weighted by Crippen LogP contribution is -2.14. The third-order valence-electron chi connectivity index (χ3n) is 3.38. The van der Waals surface area contributed by atoms with E-state index in [1.54, 1.807) is 0 Å². The minimum absolute atomic E-state index is 0.242. The molecule has 0 fully saturated rings. The molecule has 0 amide bonds. The molecule has 1 aromatic carbocycles. The molecule has 1 heteroatoms. The Balaban J connectivity index is 2.52. The van der Waals surface area contributed by atoms with Gasteiger partial charge in [0.2, 0.25) is 0 Å². The Labute approximate surface area is 86.3 Å². The van der Waals surface area contributed by atoms with Crippen LogP contribution in [0.2, 0.25) is 0 Å². The van der Waals surface area contributed by atoms with Gasteiger partial charge in [0, 0.05) is 6.04 Å². The van der Waals surface area contributed by atoms with Gasteiger partial charge < -0.3 is 5.73 Å². The lowest BCUT2D eigenvalue weighted by Gasteiger charge is -2.18. The van der Waals surface area contributed by atoms with Crippen molar-refractivity contribution in [3.8, 4) is 0 Å². The molecule has 0 aliphatic heterocycles. The van der Waals surface area contributed by atoms with Crippen molar-refractivity contribution in [2.45, 2.75) is 45.1 Å². The van der Waals surface area contributed by atoms with E-state index in [1.165, 1.54) is 16.7 Å². The molecule has 1 aliphatic rings. The Bertz CT molecular complexity index is 352. The van der Waals surface area contributed by atoms with Gasteiger partial charge in [-0.25, -0.2) is 0 Å². The Morgan fingerprint density at radius 1 is 1.43 bits per heavy atom. The summed E-state index contributed by atoms with van der Waals surface area (Å²) in [4.78, 5) is 0. The summed E-state index contributed by atoms with van der Waals surface area (Å²) in [5.74, 6) is 0. The maximum Gasteiger partial charge on any atom is 0.0306 e. The van der Waals surface area contributed by atoms with Gasteiger partial charge in [0.1, 0.15) is 0 Å². The van der Waals surface area contributed by atoms with Gasteiger partial charge in [-0.1, -0.05) is 39.0 Å². The van der Waals surface area contributed by atoms with Gasteiger partial charge in [-0.05, 0) is 34.9 Å². The Hall–Kier alpha value is -0.820. The highest BCUT2D eigenvalue weighted by Gasteiger charge is 2.34. The van der Waals surface area contributed by atoms with E-state index in [-0.39, 0.29) is 11.5 Å². The fourth-order valence-electron chi connectivity index (χ4n) is 2.52. The molecule has 1 aromatic rings. The smallest absolute Gasteiger partial charge is 0.0306 e. The van der Waals surface area contributed by atoms with Crippen molar-refractivity contribution in [2.75, 3.05) is 0 Å². The van der Waals surface area contributed by atoms with Gasteiger partial charge in [0.15, 0.2) is 0 Å². The number of aryl methyl sites for hydroxylation is 1. The normalized spacial score (nSPS) is 23.6. The predicted molar refractivity (Wildman–Crippen MR) is 60.4 cm³/mol. The summed E-state index contributed by atoms with van der Waals surface area (Å²) in [5, 5.41) is 0. The number of hydrogen-bond acceptors (Lipinski definition) is 1. The van der Waals surface area contributed by atoms with Gasteiger partial charge in [0.25, 0.3) is 0 Å². The molecule has 2 N–H and O–H groups in total. The number of nitrogens with two attached hydrogens (primary N) is 1. The van der Waals surface area contributed by atoms with Crippen LogP contribution in [-0.4, -0.2) is 0 Å². The van der Waals surface area contributed by atoms with E-state index in [0.717, 1.165) is 12.8 Å². The minimum Gasteiger partial charge on any atom is -0.324 e. The van der Waals surface area contributed by atoms with Crippen molar-refractivity contribution in [2.24, 2.45) is 5.73 Å². The summed E-state index contributed by atoms with van der Waals surface area (Å²) in [5.41, 5.74) is 10.6. The molecular weight excluding hydrogens is 170 g/mol. The van der Waals surface area contributed by atoms with Crippen LogP contribution < -0.4 is 5.73 Å². The molecule has 14 heavy (non-hydrogen) atoms. The molecular formula is C13H19N. The summed E-state index contributed by atoms with van der Waals surface area (Å²) in [7, 11) is 0. The highest BCUT2D eigenvalue weighted by molar-refractivity contribution is 5.43. The molecule has 1 atom stereocenters. The topological polar surface area (TPSA) is 26.0 Å². The molecule has 1 nitrogen and oxygen atoms in total. The van der Waals surface area contributed by atoms with Gasteiger partial charge in [-0.3, -0.25) is 0 Å². The molecule has 2 rings (SSSR count). The van der Waals surface area contributed by atoms with Crippen molar-refractivity contribution in [3.05, 3.63) is 34.9 Å². The molecule has 0 saturated carbocycles. The first-order valence-electron chi connectivity index (χ1n) is 5.43. The van der Waals surface area contributed by atoms with E-state index in [2.05, 4.69) is 39.0 Å². The Morgan fingerprint density at radius 3 is 2.79 bits per heavy atom. The van der Waals surface area contributed by atoms with Crippen LogP contribution in [0.5, 0.6) is 0 Å². The molecule has 0 radical (unpaired) electrons. The van der Waals surface area contributed by atoms with Crippen LogP contribution in [0, 0.1) is 0 Å².